The van der Waals surface area contributed by atoms with Crippen LogP contribution in [-0.2, 0) is 9.59 Å². The van der Waals surface area contributed by atoms with Gasteiger partial charge in [0, 0.05) is 24.2 Å². The fourth-order valence-corrected chi connectivity index (χ4v) is 6.42. The lowest BCUT2D eigenvalue weighted by Crippen LogP contribution is -2.65. The molecule has 5 rings (SSSR count). The first-order valence-electron chi connectivity index (χ1n) is 10.1. The second-order valence-corrected chi connectivity index (χ2v) is 9.18. The summed E-state index contributed by atoms with van der Waals surface area (Å²) in [5.41, 5.74) is 1.09. The fraction of sp³-hybridized carbons (Fsp3) is 0.636. The summed E-state index contributed by atoms with van der Waals surface area (Å²) < 4.78 is 10.7. The van der Waals surface area contributed by atoms with E-state index in [4.69, 9.17) is 9.47 Å². The van der Waals surface area contributed by atoms with Crippen LogP contribution in [0.25, 0.3) is 0 Å². The average molecular weight is 386 g/mol. The molecule has 0 aromatic heterocycles. The molecule has 4 aliphatic rings. The lowest BCUT2D eigenvalue weighted by atomic mass is 9.46. The molecule has 4 fully saturated rings. The number of nitrogens with one attached hydrogen (secondary N) is 2. The van der Waals surface area contributed by atoms with Crippen LogP contribution in [0.1, 0.15) is 51.0 Å². The van der Waals surface area contributed by atoms with Crippen LogP contribution in [-0.4, -0.2) is 31.6 Å². The zero-order chi connectivity index (χ0) is 20.1. The molecule has 2 N–H and O–H groups in total. The van der Waals surface area contributed by atoms with Gasteiger partial charge in [0.15, 0.2) is 11.5 Å². The maximum atomic E-state index is 13.5. The molecule has 0 radical (unpaired) electrons. The van der Waals surface area contributed by atoms with Crippen LogP contribution in [0.5, 0.6) is 11.5 Å². The molecule has 4 saturated carbocycles. The first-order valence-corrected chi connectivity index (χ1v) is 10.1. The molecule has 0 heterocycles. The average Bonchev–Trinajstić information content (AvgIpc) is 2.60. The van der Waals surface area contributed by atoms with Crippen LogP contribution < -0.4 is 20.1 Å². The predicted octanol–water partition coefficient (Wildman–Crippen LogP) is 3.43. The monoisotopic (exact) mass is 386 g/mol. The first kappa shape index (κ1) is 19.1. The summed E-state index contributed by atoms with van der Waals surface area (Å²) in [6, 6.07) is 3.71. The fourth-order valence-electron chi connectivity index (χ4n) is 6.42. The Labute approximate surface area is 166 Å². The van der Waals surface area contributed by atoms with Gasteiger partial charge >= 0.3 is 0 Å². The number of hydrogen-bond acceptors (Lipinski definition) is 4. The van der Waals surface area contributed by atoms with Crippen LogP contribution in [0, 0.1) is 24.2 Å². The number of carbonyl (C=O) groups excluding carboxylic acids is 2. The number of hydrogen-bond donors (Lipinski definition) is 2. The molecule has 4 aliphatic carbocycles. The van der Waals surface area contributed by atoms with E-state index in [0.29, 0.717) is 23.3 Å². The Bertz CT molecular complexity index is 805. The van der Waals surface area contributed by atoms with E-state index in [1.54, 1.807) is 21.1 Å². The molecule has 6 heteroatoms. The van der Waals surface area contributed by atoms with Gasteiger partial charge in [-0.3, -0.25) is 9.59 Å². The zero-order valence-electron chi connectivity index (χ0n) is 17.2. The number of benzene rings is 1. The number of ether oxygens (including phenoxy) is 2. The van der Waals surface area contributed by atoms with E-state index in [1.165, 1.54) is 6.42 Å². The lowest BCUT2D eigenvalue weighted by molar-refractivity contribution is -0.148. The summed E-state index contributed by atoms with van der Waals surface area (Å²) in [5.74, 6) is 2.37. The highest BCUT2D eigenvalue weighted by Gasteiger charge is 2.60. The normalized spacial score (nSPS) is 32.7. The van der Waals surface area contributed by atoms with Crippen LogP contribution in [0.4, 0.5) is 5.69 Å². The van der Waals surface area contributed by atoms with E-state index in [9.17, 15) is 9.59 Å². The van der Waals surface area contributed by atoms with Crippen molar-refractivity contribution in [2.24, 2.45) is 17.3 Å². The first-order chi connectivity index (χ1) is 13.3. The van der Waals surface area contributed by atoms with Gasteiger partial charge in [-0.15, -0.1) is 0 Å². The van der Waals surface area contributed by atoms with E-state index in [0.717, 1.165) is 43.4 Å². The molecule has 28 heavy (non-hydrogen) atoms. The van der Waals surface area contributed by atoms with Gasteiger partial charge in [0.1, 0.15) is 0 Å². The minimum absolute atomic E-state index is 0.00763. The van der Waals surface area contributed by atoms with E-state index < -0.39 is 5.41 Å². The number of amides is 2. The van der Waals surface area contributed by atoms with Gasteiger partial charge in [-0.25, -0.2) is 0 Å². The molecule has 6 nitrogen and oxygen atoms in total. The number of methoxy groups -OCH3 is 2. The van der Waals surface area contributed by atoms with Gasteiger partial charge in [0.25, 0.3) is 0 Å². The van der Waals surface area contributed by atoms with E-state index in [2.05, 4.69) is 10.6 Å². The van der Waals surface area contributed by atoms with Crippen molar-refractivity contribution in [2.45, 2.75) is 57.9 Å². The van der Waals surface area contributed by atoms with Crippen LogP contribution in [0.15, 0.2) is 12.1 Å². The van der Waals surface area contributed by atoms with Crippen LogP contribution in [0.3, 0.4) is 0 Å². The third kappa shape index (κ3) is 3.12. The topological polar surface area (TPSA) is 76.7 Å². The van der Waals surface area contributed by atoms with E-state index in [1.807, 2.05) is 19.1 Å². The standard InChI is InChI=1S/C22H30N2O4/c1-13-5-18(27-3)19(28-4)7-17(13)23-20(26)21-8-15-6-16(9-21)11-22(10-15,12-21)24-14(2)25/h5,7,15-16H,6,8-12H2,1-4H3,(H,23,26)(H,24,25). The Morgan fingerprint density at radius 3 is 2.21 bits per heavy atom. The highest BCUT2D eigenvalue weighted by atomic mass is 16.5. The Balaban J connectivity index is 1.61. The van der Waals surface area contributed by atoms with Crippen molar-refractivity contribution < 1.29 is 19.1 Å². The minimum Gasteiger partial charge on any atom is -0.493 e. The van der Waals surface area contributed by atoms with Crippen molar-refractivity contribution in [3.05, 3.63) is 17.7 Å². The third-order valence-corrected chi connectivity index (χ3v) is 6.96. The highest BCUT2D eigenvalue weighted by Crippen LogP contribution is 2.62. The second kappa shape index (κ2) is 6.68. The molecular formula is C22H30N2O4. The van der Waals surface area contributed by atoms with Gasteiger partial charge < -0.3 is 20.1 Å². The molecule has 4 bridgehead atoms. The lowest BCUT2D eigenvalue weighted by Gasteiger charge is -2.61. The minimum atomic E-state index is -0.397. The van der Waals surface area contributed by atoms with Crippen molar-refractivity contribution in [2.75, 3.05) is 19.5 Å². The SMILES string of the molecule is COc1cc(C)c(NC(=O)C23CC4CC(CC(NC(C)=O)(C4)C2)C3)cc1OC. The maximum Gasteiger partial charge on any atom is 0.230 e. The Morgan fingerprint density at radius 2 is 1.64 bits per heavy atom. The number of anilines is 1. The summed E-state index contributed by atoms with van der Waals surface area (Å²) in [5, 5.41) is 6.40. The summed E-state index contributed by atoms with van der Waals surface area (Å²) in [6.07, 6.45) is 5.78. The summed E-state index contributed by atoms with van der Waals surface area (Å²) in [6.45, 7) is 3.54. The number of aryl methyl sites for hydroxylation is 1. The van der Waals surface area contributed by atoms with Crippen LogP contribution >= 0.6 is 0 Å². The van der Waals surface area contributed by atoms with Gasteiger partial charge in [0.2, 0.25) is 11.8 Å². The third-order valence-electron chi connectivity index (χ3n) is 6.96. The van der Waals surface area contributed by atoms with Crippen LogP contribution in [0.2, 0.25) is 0 Å². The molecule has 0 saturated heterocycles. The van der Waals surface area contributed by atoms with Crippen molar-refractivity contribution in [1.82, 2.24) is 5.32 Å². The number of carbonyl (C=O) groups is 2. The van der Waals surface area contributed by atoms with Crippen molar-refractivity contribution in [3.8, 4) is 11.5 Å². The number of rotatable bonds is 5. The Hall–Kier alpha value is -2.24. The molecule has 2 amide bonds. The maximum absolute atomic E-state index is 13.5. The van der Waals surface area contributed by atoms with Gasteiger partial charge in [0.05, 0.1) is 19.6 Å². The predicted molar refractivity (Wildman–Crippen MR) is 107 cm³/mol. The molecule has 2 atom stereocenters. The molecule has 2 unspecified atom stereocenters. The summed E-state index contributed by atoms with van der Waals surface area (Å²) >= 11 is 0. The van der Waals surface area contributed by atoms with Crippen molar-refractivity contribution >= 4 is 17.5 Å². The smallest absolute Gasteiger partial charge is 0.230 e. The van der Waals surface area contributed by atoms with E-state index in [-0.39, 0.29) is 17.4 Å². The van der Waals surface area contributed by atoms with Crippen molar-refractivity contribution in [3.63, 3.8) is 0 Å². The largest absolute Gasteiger partial charge is 0.493 e. The van der Waals surface area contributed by atoms with Gasteiger partial charge in [-0.1, -0.05) is 0 Å². The van der Waals surface area contributed by atoms with Crippen molar-refractivity contribution in [1.29, 1.82) is 0 Å². The molecule has 1 aromatic carbocycles. The van der Waals surface area contributed by atoms with Gasteiger partial charge in [-0.2, -0.15) is 0 Å². The Kier molecular flexibility index (Phi) is 4.55. The summed E-state index contributed by atoms with van der Waals surface area (Å²) in [4.78, 5) is 25.3. The van der Waals surface area contributed by atoms with Gasteiger partial charge in [-0.05, 0) is 68.9 Å². The highest BCUT2D eigenvalue weighted by molar-refractivity contribution is 5.97. The van der Waals surface area contributed by atoms with E-state index >= 15 is 0 Å². The zero-order valence-corrected chi connectivity index (χ0v) is 17.2. The quantitative estimate of drug-likeness (QED) is 0.813. The molecule has 1 aromatic rings. The molecule has 152 valence electrons. The summed E-state index contributed by atoms with van der Waals surface area (Å²) in [7, 11) is 3.20. The molecule has 0 spiro atoms. The molecular weight excluding hydrogens is 356 g/mol. The Morgan fingerprint density at radius 1 is 1.04 bits per heavy atom. The molecule has 0 aliphatic heterocycles. The second-order valence-electron chi connectivity index (χ2n) is 9.18.